The highest BCUT2D eigenvalue weighted by atomic mass is 16.5. The van der Waals surface area contributed by atoms with Gasteiger partial charge in [-0.05, 0) is 38.5 Å². The van der Waals surface area contributed by atoms with Gasteiger partial charge in [0, 0.05) is 38.3 Å². The molecule has 3 rings (SSSR count). The lowest BCUT2D eigenvalue weighted by Gasteiger charge is -2.22. The van der Waals surface area contributed by atoms with Crippen molar-refractivity contribution in [3.8, 4) is 0 Å². The predicted octanol–water partition coefficient (Wildman–Crippen LogP) is 3.33. The summed E-state index contributed by atoms with van der Waals surface area (Å²) in [5.41, 5.74) is 0.254. The van der Waals surface area contributed by atoms with Gasteiger partial charge in [-0.2, -0.15) is 0 Å². The lowest BCUT2D eigenvalue weighted by atomic mass is 9.87. The smallest absolute Gasteiger partial charge is 0.317 e. The van der Waals surface area contributed by atoms with Crippen LogP contribution in [0.3, 0.4) is 0 Å². The summed E-state index contributed by atoms with van der Waals surface area (Å²) in [6.45, 7) is 5.02. The minimum atomic E-state index is 0.100. The number of hydrogen-bond acceptors (Lipinski definition) is 3. The van der Waals surface area contributed by atoms with E-state index in [2.05, 4.69) is 5.32 Å². The number of nitrogens with zero attached hydrogens (tertiary/aromatic N) is 1. The molecule has 138 valence electrons. The third kappa shape index (κ3) is 5.09. The molecule has 2 heterocycles. The van der Waals surface area contributed by atoms with Crippen molar-refractivity contribution in [2.75, 3.05) is 39.5 Å². The van der Waals surface area contributed by atoms with Crippen LogP contribution in [0.15, 0.2) is 0 Å². The molecule has 0 aromatic rings. The molecule has 2 aliphatic heterocycles. The van der Waals surface area contributed by atoms with Crippen molar-refractivity contribution in [1.82, 2.24) is 10.2 Å². The number of ether oxygens (including phenoxy) is 2. The number of rotatable bonds is 6. The molecule has 5 heteroatoms. The first-order chi connectivity index (χ1) is 11.8. The van der Waals surface area contributed by atoms with Crippen molar-refractivity contribution in [3.63, 3.8) is 0 Å². The molecule has 1 saturated carbocycles. The number of carbonyl (C=O) groups is 1. The number of unbranched alkanes of at least 4 members (excludes halogenated alkanes) is 1. The van der Waals surface area contributed by atoms with E-state index in [1.54, 1.807) is 0 Å². The summed E-state index contributed by atoms with van der Waals surface area (Å²) in [5, 5.41) is 3.07. The molecular weight excluding hydrogens is 304 g/mol. The normalized spacial score (nSPS) is 28.4. The van der Waals surface area contributed by atoms with Crippen molar-refractivity contribution in [2.24, 2.45) is 5.41 Å². The van der Waals surface area contributed by atoms with Gasteiger partial charge in [0.25, 0.3) is 0 Å². The second kappa shape index (κ2) is 9.04. The van der Waals surface area contributed by atoms with E-state index < -0.39 is 0 Å². The molecule has 1 spiro atoms. The summed E-state index contributed by atoms with van der Waals surface area (Å²) in [6.07, 6.45) is 12.6. The van der Waals surface area contributed by atoms with Gasteiger partial charge in [-0.3, -0.25) is 0 Å². The van der Waals surface area contributed by atoms with Crippen molar-refractivity contribution < 1.29 is 14.3 Å². The van der Waals surface area contributed by atoms with Gasteiger partial charge in [0.15, 0.2) is 0 Å². The summed E-state index contributed by atoms with van der Waals surface area (Å²) in [7, 11) is 0. The van der Waals surface area contributed by atoms with Crippen LogP contribution in [0, 0.1) is 5.41 Å². The lowest BCUT2D eigenvalue weighted by Crippen LogP contribution is -2.40. The van der Waals surface area contributed by atoms with Gasteiger partial charge in [0.1, 0.15) is 0 Å². The maximum atomic E-state index is 12.2. The van der Waals surface area contributed by atoms with Crippen LogP contribution in [-0.4, -0.2) is 56.5 Å². The van der Waals surface area contributed by atoms with Crippen LogP contribution >= 0.6 is 0 Å². The average molecular weight is 338 g/mol. The Morgan fingerprint density at radius 1 is 1.17 bits per heavy atom. The van der Waals surface area contributed by atoms with Crippen LogP contribution in [0.5, 0.6) is 0 Å². The second-order valence-electron chi connectivity index (χ2n) is 7.90. The van der Waals surface area contributed by atoms with E-state index in [4.69, 9.17) is 9.47 Å². The number of urea groups is 1. The molecule has 1 N–H and O–H groups in total. The van der Waals surface area contributed by atoms with E-state index >= 15 is 0 Å². The van der Waals surface area contributed by atoms with Gasteiger partial charge < -0.3 is 19.7 Å². The molecule has 0 aromatic heterocycles. The van der Waals surface area contributed by atoms with E-state index in [-0.39, 0.29) is 11.4 Å². The Kier molecular flexibility index (Phi) is 6.78. The van der Waals surface area contributed by atoms with Crippen molar-refractivity contribution >= 4 is 6.03 Å². The quantitative estimate of drug-likeness (QED) is 0.597. The van der Waals surface area contributed by atoms with Gasteiger partial charge in [0.2, 0.25) is 0 Å². The van der Waals surface area contributed by atoms with Crippen LogP contribution in [-0.2, 0) is 9.47 Å². The Balaban J connectivity index is 1.22. The van der Waals surface area contributed by atoms with E-state index in [1.165, 1.54) is 38.5 Å². The van der Waals surface area contributed by atoms with Gasteiger partial charge >= 0.3 is 6.03 Å². The first kappa shape index (κ1) is 18.0. The Hall–Kier alpha value is -0.810. The van der Waals surface area contributed by atoms with Gasteiger partial charge in [-0.25, -0.2) is 4.79 Å². The minimum Gasteiger partial charge on any atom is -0.381 e. The largest absolute Gasteiger partial charge is 0.381 e. The Morgan fingerprint density at radius 3 is 2.75 bits per heavy atom. The molecule has 0 bridgehead atoms. The number of hydrogen-bond donors (Lipinski definition) is 1. The number of carbonyl (C=O) groups excluding carboxylic acids is 1. The molecule has 0 radical (unpaired) electrons. The van der Waals surface area contributed by atoms with Crippen LogP contribution in [0.4, 0.5) is 4.79 Å². The van der Waals surface area contributed by atoms with E-state index in [1.807, 2.05) is 4.90 Å². The third-order valence-electron chi connectivity index (χ3n) is 5.91. The van der Waals surface area contributed by atoms with Gasteiger partial charge in [0.05, 0.1) is 12.7 Å². The first-order valence-electron chi connectivity index (χ1n) is 10.00. The Bertz CT molecular complexity index is 388. The fourth-order valence-electron chi connectivity index (χ4n) is 4.27. The van der Waals surface area contributed by atoms with Gasteiger partial charge in [-0.1, -0.05) is 25.7 Å². The fraction of sp³-hybridized carbons (Fsp3) is 0.947. The topological polar surface area (TPSA) is 50.8 Å². The van der Waals surface area contributed by atoms with E-state index in [9.17, 15) is 4.79 Å². The van der Waals surface area contributed by atoms with E-state index in [0.717, 1.165) is 65.1 Å². The monoisotopic (exact) mass is 338 g/mol. The average Bonchev–Trinajstić information content (AvgIpc) is 3.15. The molecule has 1 aliphatic carbocycles. The summed E-state index contributed by atoms with van der Waals surface area (Å²) in [4.78, 5) is 14.2. The summed E-state index contributed by atoms with van der Waals surface area (Å²) < 4.78 is 11.5. The predicted molar refractivity (Wildman–Crippen MR) is 94.1 cm³/mol. The maximum Gasteiger partial charge on any atom is 0.317 e. The summed E-state index contributed by atoms with van der Waals surface area (Å²) in [5.74, 6) is 0. The minimum absolute atomic E-state index is 0.100. The highest BCUT2D eigenvalue weighted by Crippen LogP contribution is 2.38. The highest BCUT2D eigenvalue weighted by molar-refractivity contribution is 5.74. The zero-order valence-electron chi connectivity index (χ0n) is 15.1. The number of nitrogens with one attached hydrogen (secondary N) is 1. The molecule has 24 heavy (non-hydrogen) atoms. The standard InChI is InChI=1S/C19H34N2O3/c22-18(21-12-9-19(15-21)10-14-23-16-19)20-11-5-6-13-24-17-7-3-1-2-4-8-17/h17H,1-16H2,(H,20,22)/t19-/m1/s1. The lowest BCUT2D eigenvalue weighted by molar-refractivity contribution is 0.0410. The highest BCUT2D eigenvalue weighted by Gasteiger charge is 2.42. The molecule has 1 atom stereocenters. The Labute approximate surface area is 146 Å². The molecule has 3 fully saturated rings. The van der Waals surface area contributed by atoms with Crippen molar-refractivity contribution in [1.29, 1.82) is 0 Å². The zero-order valence-corrected chi connectivity index (χ0v) is 15.1. The van der Waals surface area contributed by atoms with Crippen LogP contribution in [0.25, 0.3) is 0 Å². The molecule has 3 aliphatic rings. The second-order valence-corrected chi connectivity index (χ2v) is 7.90. The van der Waals surface area contributed by atoms with Crippen LogP contribution < -0.4 is 5.32 Å². The van der Waals surface area contributed by atoms with Crippen molar-refractivity contribution in [3.05, 3.63) is 0 Å². The molecule has 0 unspecified atom stereocenters. The third-order valence-corrected chi connectivity index (χ3v) is 5.91. The van der Waals surface area contributed by atoms with Crippen LogP contribution in [0.1, 0.15) is 64.2 Å². The molecular formula is C19H34N2O3. The Morgan fingerprint density at radius 2 is 2.00 bits per heavy atom. The summed E-state index contributed by atoms with van der Waals surface area (Å²) >= 11 is 0. The van der Waals surface area contributed by atoms with Gasteiger partial charge in [-0.15, -0.1) is 0 Å². The molecule has 5 nitrogen and oxygen atoms in total. The number of likely N-dealkylation sites (tertiary alicyclic amines) is 1. The first-order valence-corrected chi connectivity index (χ1v) is 10.00. The summed E-state index contributed by atoms with van der Waals surface area (Å²) in [6, 6.07) is 0.100. The maximum absolute atomic E-state index is 12.2. The fourth-order valence-corrected chi connectivity index (χ4v) is 4.27. The zero-order chi connectivity index (χ0) is 16.7. The number of amides is 2. The molecule has 0 aromatic carbocycles. The molecule has 2 amide bonds. The van der Waals surface area contributed by atoms with E-state index in [0.29, 0.717) is 6.10 Å². The van der Waals surface area contributed by atoms with Crippen molar-refractivity contribution in [2.45, 2.75) is 70.3 Å². The van der Waals surface area contributed by atoms with Crippen LogP contribution in [0.2, 0.25) is 0 Å². The molecule has 2 saturated heterocycles. The SMILES string of the molecule is O=C(NCCCCOC1CCCCCC1)N1CC[C@@]2(CCOC2)C1.